The summed E-state index contributed by atoms with van der Waals surface area (Å²) in [6.07, 6.45) is 5.25. The standard InChI is InChI=1S/C22H32N2/c1-21(2,3)17-14-19(22(4,5)6)24-20-16(17)12-9-13-18(20)23-15-10-7-8-11-15/h9,12-15,23H,7-8,10-11H2,1-6H3. The van der Waals surface area contributed by atoms with Crippen LogP contribution < -0.4 is 5.32 Å². The lowest BCUT2D eigenvalue weighted by atomic mass is 9.81. The molecule has 0 amide bonds. The van der Waals surface area contributed by atoms with E-state index >= 15 is 0 Å². The van der Waals surface area contributed by atoms with E-state index < -0.39 is 0 Å². The highest BCUT2D eigenvalue weighted by Gasteiger charge is 2.25. The molecule has 3 rings (SSSR count). The third-order valence-corrected chi connectivity index (χ3v) is 5.13. The van der Waals surface area contributed by atoms with Crippen LogP contribution in [0.25, 0.3) is 10.9 Å². The van der Waals surface area contributed by atoms with Gasteiger partial charge in [-0.2, -0.15) is 0 Å². The molecule has 0 radical (unpaired) electrons. The lowest BCUT2D eigenvalue weighted by Crippen LogP contribution is -2.20. The van der Waals surface area contributed by atoms with Crippen molar-refractivity contribution in [1.82, 2.24) is 4.98 Å². The number of para-hydroxylation sites is 1. The van der Waals surface area contributed by atoms with Gasteiger partial charge in [-0.1, -0.05) is 66.5 Å². The van der Waals surface area contributed by atoms with Crippen molar-refractivity contribution < 1.29 is 0 Å². The highest BCUT2D eigenvalue weighted by molar-refractivity contribution is 5.93. The molecule has 24 heavy (non-hydrogen) atoms. The Bertz CT molecular complexity index is 726. The van der Waals surface area contributed by atoms with Crippen molar-refractivity contribution in [3.63, 3.8) is 0 Å². The summed E-state index contributed by atoms with van der Waals surface area (Å²) in [5.41, 5.74) is 5.08. The first-order chi connectivity index (χ1) is 11.2. The molecule has 1 aromatic carbocycles. The smallest absolute Gasteiger partial charge is 0.0939 e. The molecule has 130 valence electrons. The third-order valence-electron chi connectivity index (χ3n) is 5.13. The summed E-state index contributed by atoms with van der Waals surface area (Å²) < 4.78 is 0. The number of aromatic nitrogens is 1. The zero-order chi connectivity index (χ0) is 17.5. The molecule has 2 heteroatoms. The summed E-state index contributed by atoms with van der Waals surface area (Å²) in [6.45, 7) is 13.6. The molecule has 1 N–H and O–H groups in total. The first kappa shape index (κ1) is 17.3. The first-order valence-corrected chi connectivity index (χ1v) is 9.37. The molecule has 0 saturated heterocycles. The van der Waals surface area contributed by atoms with Gasteiger partial charge in [0, 0.05) is 22.5 Å². The summed E-state index contributed by atoms with van der Waals surface area (Å²) >= 11 is 0. The maximum absolute atomic E-state index is 5.10. The monoisotopic (exact) mass is 324 g/mol. The molecule has 1 heterocycles. The van der Waals surface area contributed by atoms with Crippen molar-refractivity contribution in [3.05, 3.63) is 35.5 Å². The highest BCUT2D eigenvalue weighted by Crippen LogP contribution is 2.36. The van der Waals surface area contributed by atoms with E-state index in [4.69, 9.17) is 4.98 Å². The van der Waals surface area contributed by atoms with E-state index in [1.165, 1.54) is 48.0 Å². The summed E-state index contributed by atoms with van der Waals surface area (Å²) in [6, 6.07) is 9.53. The number of hydrogen-bond acceptors (Lipinski definition) is 2. The average Bonchev–Trinajstić information content (AvgIpc) is 2.97. The Morgan fingerprint density at radius 2 is 1.62 bits per heavy atom. The van der Waals surface area contributed by atoms with Crippen LogP contribution in [0, 0.1) is 0 Å². The Morgan fingerprint density at radius 3 is 2.21 bits per heavy atom. The molecular weight excluding hydrogens is 292 g/mol. The lowest BCUT2D eigenvalue weighted by Gasteiger charge is -2.27. The first-order valence-electron chi connectivity index (χ1n) is 9.37. The van der Waals surface area contributed by atoms with E-state index in [9.17, 15) is 0 Å². The topological polar surface area (TPSA) is 24.9 Å². The second-order valence-electron chi connectivity index (χ2n) is 9.38. The molecule has 1 aliphatic carbocycles. The maximum Gasteiger partial charge on any atom is 0.0939 e. The zero-order valence-electron chi connectivity index (χ0n) is 16.2. The molecule has 1 aromatic heterocycles. The zero-order valence-corrected chi connectivity index (χ0v) is 16.2. The molecule has 1 aliphatic rings. The Balaban J connectivity index is 2.19. The summed E-state index contributed by atoms with van der Waals surface area (Å²) in [4.78, 5) is 5.10. The minimum atomic E-state index is 0.0503. The molecule has 0 spiro atoms. The Hall–Kier alpha value is -1.57. The normalized spacial score (nSPS) is 16.8. The minimum Gasteiger partial charge on any atom is -0.381 e. The van der Waals surface area contributed by atoms with Gasteiger partial charge < -0.3 is 5.32 Å². The molecule has 2 nitrogen and oxygen atoms in total. The van der Waals surface area contributed by atoms with Gasteiger partial charge in [-0.05, 0) is 36.0 Å². The van der Waals surface area contributed by atoms with Gasteiger partial charge in [0.15, 0.2) is 0 Å². The van der Waals surface area contributed by atoms with Crippen LogP contribution in [0.4, 0.5) is 5.69 Å². The van der Waals surface area contributed by atoms with Crippen LogP contribution in [0.5, 0.6) is 0 Å². The number of benzene rings is 1. The van der Waals surface area contributed by atoms with Gasteiger partial charge in [0.25, 0.3) is 0 Å². The van der Waals surface area contributed by atoms with Crippen molar-refractivity contribution in [2.24, 2.45) is 0 Å². The fourth-order valence-corrected chi connectivity index (χ4v) is 3.66. The predicted octanol–water partition coefficient (Wildman–Crippen LogP) is 6.18. The summed E-state index contributed by atoms with van der Waals surface area (Å²) in [5, 5.41) is 5.07. The predicted molar refractivity (Wildman–Crippen MR) is 105 cm³/mol. The van der Waals surface area contributed by atoms with Crippen LogP contribution in [0.3, 0.4) is 0 Å². The summed E-state index contributed by atoms with van der Waals surface area (Å²) in [5.74, 6) is 0. The number of nitrogens with zero attached hydrogens (tertiary/aromatic N) is 1. The van der Waals surface area contributed by atoms with E-state index in [-0.39, 0.29) is 10.8 Å². The van der Waals surface area contributed by atoms with Crippen LogP contribution in [0.1, 0.15) is 78.5 Å². The van der Waals surface area contributed by atoms with Crippen LogP contribution in [-0.2, 0) is 10.8 Å². The van der Waals surface area contributed by atoms with E-state index in [1.807, 2.05) is 0 Å². The molecule has 0 atom stereocenters. The van der Waals surface area contributed by atoms with Gasteiger partial charge in [-0.25, -0.2) is 0 Å². The fraction of sp³-hybridized carbons (Fsp3) is 0.591. The molecule has 0 unspecified atom stereocenters. The van der Waals surface area contributed by atoms with Crippen LogP contribution in [0.15, 0.2) is 24.3 Å². The Kier molecular flexibility index (Phi) is 4.36. The average molecular weight is 325 g/mol. The molecular formula is C22H32N2. The number of anilines is 1. The van der Waals surface area contributed by atoms with Crippen molar-refractivity contribution in [2.75, 3.05) is 5.32 Å². The molecule has 0 aliphatic heterocycles. The number of rotatable bonds is 2. The maximum atomic E-state index is 5.10. The Labute approximate surface area is 147 Å². The van der Waals surface area contributed by atoms with E-state index in [0.29, 0.717) is 6.04 Å². The highest BCUT2D eigenvalue weighted by atomic mass is 14.9. The van der Waals surface area contributed by atoms with E-state index in [2.05, 4.69) is 71.1 Å². The van der Waals surface area contributed by atoms with E-state index in [0.717, 1.165) is 5.52 Å². The van der Waals surface area contributed by atoms with E-state index in [1.54, 1.807) is 0 Å². The second kappa shape index (κ2) is 6.06. The molecule has 2 aromatic rings. The SMILES string of the molecule is CC(C)(C)c1cc(C(C)(C)C)c2cccc(NC3CCCC3)c2n1. The minimum absolute atomic E-state index is 0.0503. The van der Waals surface area contributed by atoms with Crippen molar-refractivity contribution >= 4 is 16.6 Å². The number of nitrogens with one attached hydrogen (secondary N) is 1. The van der Waals surface area contributed by atoms with Crippen LogP contribution in [0.2, 0.25) is 0 Å². The number of pyridine rings is 1. The molecule has 1 fully saturated rings. The van der Waals surface area contributed by atoms with Crippen LogP contribution >= 0.6 is 0 Å². The van der Waals surface area contributed by atoms with Crippen molar-refractivity contribution in [2.45, 2.75) is 84.1 Å². The number of hydrogen-bond donors (Lipinski definition) is 1. The van der Waals surface area contributed by atoms with Gasteiger partial charge in [0.1, 0.15) is 0 Å². The van der Waals surface area contributed by atoms with Gasteiger partial charge >= 0.3 is 0 Å². The van der Waals surface area contributed by atoms with Crippen molar-refractivity contribution in [1.29, 1.82) is 0 Å². The van der Waals surface area contributed by atoms with Gasteiger partial charge in [0.05, 0.1) is 11.2 Å². The van der Waals surface area contributed by atoms with Crippen LogP contribution in [-0.4, -0.2) is 11.0 Å². The van der Waals surface area contributed by atoms with Gasteiger partial charge in [0.2, 0.25) is 0 Å². The van der Waals surface area contributed by atoms with Crippen molar-refractivity contribution in [3.8, 4) is 0 Å². The van der Waals surface area contributed by atoms with Gasteiger partial charge in [-0.3, -0.25) is 4.98 Å². The fourth-order valence-electron chi connectivity index (χ4n) is 3.66. The second-order valence-corrected chi connectivity index (χ2v) is 9.38. The third kappa shape index (κ3) is 3.43. The molecule has 1 saturated carbocycles. The lowest BCUT2D eigenvalue weighted by molar-refractivity contribution is 0.558. The Morgan fingerprint density at radius 1 is 0.958 bits per heavy atom. The summed E-state index contributed by atoms with van der Waals surface area (Å²) in [7, 11) is 0. The quantitative estimate of drug-likeness (QED) is 0.713. The van der Waals surface area contributed by atoms with Gasteiger partial charge in [-0.15, -0.1) is 0 Å². The number of fused-ring (bicyclic) bond motifs is 1. The molecule has 0 bridgehead atoms. The largest absolute Gasteiger partial charge is 0.381 e.